The monoisotopic (exact) mass is 525 g/mol. The second kappa shape index (κ2) is 10.3. The van der Waals surface area contributed by atoms with Crippen molar-refractivity contribution in [3.63, 3.8) is 0 Å². The first kappa shape index (κ1) is 25.5. The summed E-state index contributed by atoms with van der Waals surface area (Å²) in [6.45, 7) is 3.34. The van der Waals surface area contributed by atoms with Crippen LogP contribution in [0.15, 0.2) is 36.5 Å². The molecule has 9 nitrogen and oxygen atoms in total. The van der Waals surface area contributed by atoms with Crippen molar-refractivity contribution in [1.82, 2.24) is 25.1 Å². The summed E-state index contributed by atoms with van der Waals surface area (Å²) in [4.78, 5) is 24.3. The molecule has 2 aromatic heterocycles. The third-order valence-electron chi connectivity index (χ3n) is 6.56. The fourth-order valence-corrected chi connectivity index (χ4v) is 4.51. The lowest BCUT2D eigenvalue weighted by Crippen LogP contribution is -2.30. The average Bonchev–Trinajstić information content (AvgIpc) is 3.66. The molecule has 1 atom stereocenters. The van der Waals surface area contributed by atoms with Crippen molar-refractivity contribution in [2.45, 2.75) is 57.3 Å². The van der Waals surface area contributed by atoms with Crippen molar-refractivity contribution < 1.29 is 22.7 Å². The molecule has 1 saturated carbocycles. The van der Waals surface area contributed by atoms with Gasteiger partial charge in [-0.3, -0.25) is 4.79 Å². The summed E-state index contributed by atoms with van der Waals surface area (Å²) in [5, 5.41) is 16.6. The smallest absolute Gasteiger partial charge is 0.406 e. The van der Waals surface area contributed by atoms with Gasteiger partial charge in [0.05, 0.1) is 11.6 Å². The first-order valence-corrected chi connectivity index (χ1v) is 12.5. The lowest BCUT2D eigenvalue weighted by molar-refractivity contribution is -0.274. The van der Waals surface area contributed by atoms with Gasteiger partial charge in [-0.2, -0.15) is 14.9 Å². The van der Waals surface area contributed by atoms with E-state index in [9.17, 15) is 18.0 Å². The van der Waals surface area contributed by atoms with Crippen molar-refractivity contribution in [2.24, 2.45) is 0 Å². The molecule has 0 unspecified atom stereocenters. The van der Waals surface area contributed by atoms with Gasteiger partial charge in [0, 0.05) is 24.8 Å². The molecule has 12 heteroatoms. The molecule has 1 amide bonds. The molecule has 1 aliphatic heterocycles. The Bertz CT molecular complexity index is 1350. The van der Waals surface area contributed by atoms with Crippen LogP contribution in [0.25, 0.3) is 5.82 Å². The molecule has 1 aliphatic carbocycles. The SMILES string of the molecule is C[C@H](NC(=O)c1cc(OC(F)(F)F)cc(C2CC2)c1)c1nc(N2CCCCC2)nn1-c1ccc(C#N)cn1. The van der Waals surface area contributed by atoms with E-state index >= 15 is 0 Å². The zero-order chi connectivity index (χ0) is 26.9. The summed E-state index contributed by atoms with van der Waals surface area (Å²) in [7, 11) is 0. The Labute approximate surface area is 217 Å². The zero-order valence-electron chi connectivity index (χ0n) is 20.7. The lowest BCUT2D eigenvalue weighted by Gasteiger charge is -2.25. The second-order valence-corrected chi connectivity index (χ2v) is 9.55. The van der Waals surface area contributed by atoms with Crippen molar-refractivity contribution >= 4 is 11.9 Å². The summed E-state index contributed by atoms with van der Waals surface area (Å²) in [5.41, 5.74) is 1.10. The number of piperidine rings is 1. The standard InChI is InChI=1S/C26H26F3N7O2/c1-16(32-24(37)20-11-19(18-6-7-18)12-21(13-20)38-26(27,28)29)23-33-25(35-9-3-2-4-10-35)34-36(23)22-8-5-17(14-30)15-31-22/h5,8,11-13,15-16,18H,2-4,6-7,9-10H2,1H3,(H,32,37)/t16-/m0/s1. The van der Waals surface area contributed by atoms with E-state index in [-0.39, 0.29) is 11.5 Å². The molecule has 198 valence electrons. The average molecular weight is 526 g/mol. The van der Waals surface area contributed by atoms with Crippen LogP contribution in [0.2, 0.25) is 0 Å². The number of halogens is 3. The summed E-state index contributed by atoms with van der Waals surface area (Å²) in [6, 6.07) is 8.65. The maximum atomic E-state index is 13.2. The number of ether oxygens (including phenoxy) is 1. The molecule has 0 bridgehead atoms. The summed E-state index contributed by atoms with van der Waals surface area (Å²) >= 11 is 0. The van der Waals surface area contributed by atoms with Crippen molar-refractivity contribution in [2.75, 3.05) is 18.0 Å². The maximum Gasteiger partial charge on any atom is 0.573 e. The Kier molecular flexibility index (Phi) is 6.93. The third kappa shape index (κ3) is 5.88. The van der Waals surface area contributed by atoms with Crippen molar-refractivity contribution in [3.05, 3.63) is 59.0 Å². The van der Waals surface area contributed by atoms with Gasteiger partial charge in [-0.25, -0.2) is 4.98 Å². The molecule has 3 heterocycles. The van der Waals surface area contributed by atoms with Crippen LogP contribution < -0.4 is 15.0 Å². The van der Waals surface area contributed by atoms with E-state index in [0.717, 1.165) is 51.3 Å². The fourth-order valence-electron chi connectivity index (χ4n) is 4.51. The number of pyridine rings is 1. The highest BCUT2D eigenvalue weighted by Crippen LogP contribution is 2.42. The molecule has 1 aromatic carbocycles. The predicted molar refractivity (Wildman–Crippen MR) is 131 cm³/mol. The number of nitrogens with one attached hydrogen (secondary N) is 1. The minimum absolute atomic E-state index is 0.0688. The van der Waals surface area contributed by atoms with E-state index in [1.165, 1.54) is 16.9 Å². The Morgan fingerprint density at radius 1 is 1.18 bits per heavy atom. The number of rotatable bonds is 7. The number of carbonyl (C=O) groups excluding carboxylic acids is 1. The number of carbonyl (C=O) groups is 1. The number of hydrogen-bond donors (Lipinski definition) is 1. The van der Waals surface area contributed by atoms with Gasteiger partial charge in [0.1, 0.15) is 11.8 Å². The van der Waals surface area contributed by atoms with E-state index in [0.29, 0.717) is 28.7 Å². The summed E-state index contributed by atoms with van der Waals surface area (Å²) in [5.74, 6) is 0.469. The van der Waals surface area contributed by atoms with Crippen LogP contribution in [-0.4, -0.2) is 45.1 Å². The van der Waals surface area contributed by atoms with Gasteiger partial charge in [0.2, 0.25) is 5.95 Å². The predicted octanol–water partition coefficient (Wildman–Crippen LogP) is 4.79. The number of anilines is 1. The van der Waals surface area contributed by atoms with Crippen LogP contribution in [0.5, 0.6) is 5.75 Å². The molecule has 2 aliphatic rings. The largest absolute Gasteiger partial charge is 0.573 e. The van der Waals surface area contributed by atoms with Crippen LogP contribution in [0.1, 0.15) is 78.3 Å². The maximum absolute atomic E-state index is 13.2. The number of alkyl halides is 3. The summed E-state index contributed by atoms with van der Waals surface area (Å²) in [6.07, 6.45) is 1.44. The van der Waals surface area contributed by atoms with E-state index in [2.05, 4.69) is 25.0 Å². The van der Waals surface area contributed by atoms with E-state index in [1.54, 1.807) is 25.1 Å². The van der Waals surface area contributed by atoms with Crippen LogP contribution in [0.4, 0.5) is 19.1 Å². The summed E-state index contributed by atoms with van der Waals surface area (Å²) < 4.78 is 44.3. The molecule has 1 saturated heterocycles. The van der Waals surface area contributed by atoms with E-state index in [4.69, 9.17) is 10.2 Å². The zero-order valence-corrected chi connectivity index (χ0v) is 20.7. The highest BCUT2D eigenvalue weighted by Gasteiger charge is 2.33. The van der Waals surface area contributed by atoms with Gasteiger partial charge in [-0.05, 0) is 80.8 Å². The highest BCUT2D eigenvalue weighted by atomic mass is 19.4. The van der Waals surface area contributed by atoms with Crippen molar-refractivity contribution in [1.29, 1.82) is 5.26 Å². The quantitative estimate of drug-likeness (QED) is 0.472. The van der Waals surface area contributed by atoms with Gasteiger partial charge in [-0.15, -0.1) is 18.3 Å². The van der Waals surface area contributed by atoms with E-state index in [1.807, 2.05) is 6.07 Å². The molecular weight excluding hydrogens is 499 g/mol. The topological polar surface area (TPSA) is 109 Å². The first-order valence-electron chi connectivity index (χ1n) is 12.5. The first-order chi connectivity index (χ1) is 18.2. The minimum Gasteiger partial charge on any atom is -0.406 e. The normalized spacial score (nSPS) is 16.6. The number of nitriles is 1. The van der Waals surface area contributed by atoms with Crippen molar-refractivity contribution in [3.8, 4) is 17.6 Å². The highest BCUT2D eigenvalue weighted by molar-refractivity contribution is 5.95. The van der Waals surface area contributed by atoms with Crippen LogP contribution in [0, 0.1) is 11.3 Å². The van der Waals surface area contributed by atoms with Crippen LogP contribution >= 0.6 is 0 Å². The molecule has 5 rings (SSSR count). The Morgan fingerprint density at radius 3 is 2.58 bits per heavy atom. The Hall–Kier alpha value is -4.14. The molecular formula is C26H26F3N7O2. The lowest BCUT2D eigenvalue weighted by atomic mass is 10.1. The minimum atomic E-state index is -4.86. The van der Waals surface area contributed by atoms with E-state index < -0.39 is 24.1 Å². The van der Waals surface area contributed by atoms with Gasteiger partial charge in [0.15, 0.2) is 11.6 Å². The van der Waals surface area contributed by atoms with Crippen LogP contribution in [-0.2, 0) is 0 Å². The van der Waals surface area contributed by atoms with Crippen LogP contribution in [0.3, 0.4) is 0 Å². The second-order valence-electron chi connectivity index (χ2n) is 9.55. The molecule has 0 spiro atoms. The third-order valence-corrected chi connectivity index (χ3v) is 6.56. The molecule has 2 fully saturated rings. The Morgan fingerprint density at radius 2 is 1.95 bits per heavy atom. The van der Waals surface area contributed by atoms with Gasteiger partial charge in [0.25, 0.3) is 5.91 Å². The number of nitrogens with zero attached hydrogens (tertiary/aromatic N) is 6. The number of benzene rings is 1. The number of aromatic nitrogens is 4. The fraction of sp³-hybridized carbons (Fsp3) is 0.423. The van der Waals surface area contributed by atoms with Gasteiger partial charge < -0.3 is 15.0 Å². The molecule has 1 N–H and O–H groups in total. The van der Waals surface area contributed by atoms with Gasteiger partial charge >= 0.3 is 6.36 Å². The Balaban J connectivity index is 1.44. The molecule has 3 aromatic rings. The molecule has 38 heavy (non-hydrogen) atoms. The number of amides is 1. The molecule has 0 radical (unpaired) electrons. The number of hydrogen-bond acceptors (Lipinski definition) is 7. The van der Waals surface area contributed by atoms with Gasteiger partial charge in [-0.1, -0.05) is 0 Å².